The maximum Gasteiger partial charge on any atom is 0.416 e. The fourth-order valence-corrected chi connectivity index (χ4v) is 2.78. The fourth-order valence-electron chi connectivity index (χ4n) is 2.78. The molecule has 3 nitrogen and oxygen atoms in total. The molecule has 1 aliphatic rings. The van der Waals surface area contributed by atoms with Crippen LogP contribution in [0.4, 0.5) is 26.3 Å². The molecule has 134 valence electrons. The molecule has 1 heterocycles. The van der Waals surface area contributed by atoms with E-state index >= 15 is 0 Å². The minimum Gasteiger partial charge on any atom is -0.494 e. The van der Waals surface area contributed by atoms with E-state index in [2.05, 4.69) is 0 Å². The lowest BCUT2D eigenvalue weighted by Crippen LogP contribution is -2.12. The standard InChI is InChI=1S/C16H11F6NO2/c17-15(18,19)8-5-9(16(20,21)22)7-10(6-8)23-13(24)11-3-1-2-4-12(11)14(23)25/h1-2,5-7,24-25H,3-4H2. The van der Waals surface area contributed by atoms with Gasteiger partial charge in [-0.15, -0.1) is 0 Å². The highest BCUT2D eigenvalue weighted by atomic mass is 19.4. The second kappa shape index (κ2) is 5.47. The third-order valence-corrected chi connectivity index (χ3v) is 3.97. The molecular formula is C16H11F6NO2. The Balaban J connectivity index is 2.26. The topological polar surface area (TPSA) is 45.4 Å². The Morgan fingerprint density at radius 3 is 1.48 bits per heavy atom. The van der Waals surface area contributed by atoms with E-state index in [9.17, 15) is 36.6 Å². The number of nitrogens with zero attached hydrogens (tertiary/aromatic N) is 1. The Labute approximate surface area is 137 Å². The average molecular weight is 363 g/mol. The molecule has 0 saturated heterocycles. The molecule has 0 bridgehead atoms. The average Bonchev–Trinajstić information content (AvgIpc) is 2.77. The number of benzene rings is 1. The maximum atomic E-state index is 13.0. The second-order valence-corrected chi connectivity index (χ2v) is 5.58. The highest BCUT2D eigenvalue weighted by molar-refractivity contribution is 5.56. The number of hydrogen-bond acceptors (Lipinski definition) is 2. The number of allylic oxidation sites excluding steroid dienone is 2. The SMILES string of the molecule is Oc1c2c(c(O)n1-c1cc(C(F)(F)F)cc(C(F)(F)F)c1)CC=CC2. The summed E-state index contributed by atoms with van der Waals surface area (Å²) >= 11 is 0. The van der Waals surface area contributed by atoms with Crippen LogP contribution in [-0.2, 0) is 25.2 Å². The summed E-state index contributed by atoms with van der Waals surface area (Å²) in [5.41, 5.74) is -3.13. The zero-order valence-corrected chi connectivity index (χ0v) is 12.4. The molecular weight excluding hydrogens is 352 g/mol. The smallest absolute Gasteiger partial charge is 0.416 e. The lowest BCUT2D eigenvalue weighted by Gasteiger charge is -2.15. The summed E-state index contributed by atoms with van der Waals surface area (Å²) in [7, 11) is 0. The van der Waals surface area contributed by atoms with Crippen molar-refractivity contribution >= 4 is 0 Å². The molecule has 9 heteroatoms. The van der Waals surface area contributed by atoms with E-state index in [1.807, 2.05) is 0 Å². The van der Waals surface area contributed by atoms with Crippen LogP contribution < -0.4 is 0 Å². The Bertz CT molecular complexity index is 797. The second-order valence-electron chi connectivity index (χ2n) is 5.58. The van der Waals surface area contributed by atoms with Gasteiger partial charge in [-0.1, -0.05) is 12.2 Å². The molecule has 25 heavy (non-hydrogen) atoms. The van der Waals surface area contributed by atoms with Crippen LogP contribution in [0.15, 0.2) is 30.4 Å². The largest absolute Gasteiger partial charge is 0.494 e. The van der Waals surface area contributed by atoms with Gasteiger partial charge in [0, 0.05) is 11.1 Å². The van der Waals surface area contributed by atoms with Gasteiger partial charge in [-0.3, -0.25) is 4.57 Å². The van der Waals surface area contributed by atoms with Crippen LogP contribution in [-0.4, -0.2) is 14.8 Å². The van der Waals surface area contributed by atoms with Gasteiger partial charge < -0.3 is 10.2 Å². The van der Waals surface area contributed by atoms with Crippen LogP contribution in [0.25, 0.3) is 5.69 Å². The Morgan fingerprint density at radius 2 is 1.12 bits per heavy atom. The van der Waals surface area contributed by atoms with Crippen LogP contribution in [0.2, 0.25) is 0 Å². The van der Waals surface area contributed by atoms with Gasteiger partial charge in [0.15, 0.2) is 0 Å². The van der Waals surface area contributed by atoms with Crippen molar-refractivity contribution in [3.63, 3.8) is 0 Å². The van der Waals surface area contributed by atoms with Crippen LogP contribution in [0.5, 0.6) is 11.8 Å². The molecule has 0 saturated carbocycles. The van der Waals surface area contributed by atoms with Gasteiger partial charge in [0.05, 0.1) is 16.8 Å². The van der Waals surface area contributed by atoms with E-state index in [4.69, 9.17) is 0 Å². The summed E-state index contributed by atoms with van der Waals surface area (Å²) in [4.78, 5) is 0. The molecule has 2 N–H and O–H groups in total. The predicted octanol–water partition coefficient (Wildman–Crippen LogP) is 4.58. The molecule has 0 fully saturated rings. The van der Waals surface area contributed by atoms with Crippen LogP contribution >= 0.6 is 0 Å². The normalized spacial score (nSPS) is 14.6. The molecule has 3 rings (SSSR count). The number of hydrogen-bond donors (Lipinski definition) is 2. The van der Waals surface area contributed by atoms with Gasteiger partial charge in [0.1, 0.15) is 0 Å². The molecule has 0 radical (unpaired) electrons. The molecule has 2 aromatic rings. The molecule has 0 spiro atoms. The highest BCUT2D eigenvalue weighted by Crippen LogP contribution is 2.42. The fraction of sp³-hybridized carbons (Fsp3) is 0.250. The van der Waals surface area contributed by atoms with Gasteiger partial charge in [-0.2, -0.15) is 26.3 Å². The van der Waals surface area contributed by atoms with Crippen molar-refractivity contribution in [3.8, 4) is 17.4 Å². The Morgan fingerprint density at radius 1 is 0.720 bits per heavy atom. The van der Waals surface area contributed by atoms with E-state index in [-0.39, 0.29) is 30.0 Å². The number of fused-ring (bicyclic) bond motifs is 1. The first-order valence-electron chi connectivity index (χ1n) is 7.09. The summed E-state index contributed by atoms with van der Waals surface area (Å²) in [6, 6.07) is 0.893. The minimum atomic E-state index is -5.02. The number of halogens is 6. The summed E-state index contributed by atoms with van der Waals surface area (Å²) < 4.78 is 78.4. The first kappa shape index (κ1) is 17.2. The van der Waals surface area contributed by atoms with Crippen LogP contribution in [0, 0.1) is 0 Å². The van der Waals surface area contributed by atoms with Crippen molar-refractivity contribution in [2.75, 3.05) is 0 Å². The van der Waals surface area contributed by atoms with Crippen LogP contribution in [0.3, 0.4) is 0 Å². The van der Waals surface area contributed by atoms with Crippen molar-refractivity contribution in [1.29, 1.82) is 0 Å². The maximum absolute atomic E-state index is 13.0. The van der Waals surface area contributed by atoms with E-state index < -0.39 is 40.9 Å². The van der Waals surface area contributed by atoms with Crippen molar-refractivity contribution in [1.82, 2.24) is 4.57 Å². The summed E-state index contributed by atoms with van der Waals surface area (Å²) in [5.74, 6) is -1.16. The van der Waals surface area contributed by atoms with E-state index in [0.717, 1.165) is 0 Å². The number of alkyl halides is 6. The minimum absolute atomic E-state index is 0.0113. The number of aromatic nitrogens is 1. The number of rotatable bonds is 1. The monoisotopic (exact) mass is 363 g/mol. The predicted molar refractivity (Wildman–Crippen MR) is 75.7 cm³/mol. The zero-order chi connectivity index (χ0) is 18.6. The van der Waals surface area contributed by atoms with E-state index in [1.54, 1.807) is 12.2 Å². The van der Waals surface area contributed by atoms with Gasteiger partial charge >= 0.3 is 12.4 Å². The lowest BCUT2D eigenvalue weighted by atomic mass is 10.0. The van der Waals surface area contributed by atoms with Crippen molar-refractivity contribution < 1.29 is 36.6 Å². The molecule has 0 unspecified atom stereocenters. The lowest BCUT2D eigenvalue weighted by molar-refractivity contribution is -0.143. The van der Waals surface area contributed by atoms with Crippen molar-refractivity contribution in [2.45, 2.75) is 25.2 Å². The summed E-state index contributed by atoms with van der Waals surface area (Å²) in [6.07, 6.45) is -6.25. The highest BCUT2D eigenvalue weighted by Gasteiger charge is 2.37. The van der Waals surface area contributed by atoms with Crippen LogP contribution in [0.1, 0.15) is 22.3 Å². The molecule has 1 aromatic heterocycles. The van der Waals surface area contributed by atoms with Gasteiger partial charge in [0.25, 0.3) is 0 Å². The van der Waals surface area contributed by atoms with E-state index in [0.29, 0.717) is 16.7 Å². The first-order valence-corrected chi connectivity index (χ1v) is 7.09. The van der Waals surface area contributed by atoms with Gasteiger partial charge in [0.2, 0.25) is 11.8 Å². The summed E-state index contributed by atoms with van der Waals surface area (Å²) in [6.45, 7) is 0. The quantitative estimate of drug-likeness (QED) is 0.575. The molecule has 1 aliphatic carbocycles. The molecule has 0 atom stereocenters. The number of aromatic hydroxyl groups is 2. The van der Waals surface area contributed by atoms with E-state index in [1.165, 1.54) is 0 Å². The van der Waals surface area contributed by atoms with Crippen molar-refractivity contribution in [3.05, 3.63) is 52.6 Å². The van der Waals surface area contributed by atoms with Gasteiger partial charge in [-0.05, 0) is 31.0 Å². The third kappa shape index (κ3) is 2.94. The van der Waals surface area contributed by atoms with Gasteiger partial charge in [-0.25, -0.2) is 0 Å². The van der Waals surface area contributed by atoms with Crippen molar-refractivity contribution in [2.24, 2.45) is 0 Å². The summed E-state index contributed by atoms with van der Waals surface area (Å²) in [5, 5.41) is 20.4. The molecule has 0 amide bonds. The first-order chi connectivity index (χ1) is 11.5. The molecule has 1 aromatic carbocycles. The Kier molecular flexibility index (Phi) is 3.77. The Hall–Kier alpha value is -2.58. The molecule has 0 aliphatic heterocycles. The third-order valence-electron chi connectivity index (χ3n) is 3.97. The zero-order valence-electron chi connectivity index (χ0n) is 12.4.